The van der Waals surface area contributed by atoms with Crippen LogP contribution in [0.4, 0.5) is 0 Å². The molecule has 0 fully saturated rings. The third-order valence-corrected chi connectivity index (χ3v) is 2.67. The van der Waals surface area contributed by atoms with Crippen LogP contribution in [-0.4, -0.2) is 12.5 Å². The fourth-order valence-corrected chi connectivity index (χ4v) is 1.77. The zero-order chi connectivity index (χ0) is 11.8. The molecule has 1 aromatic carbocycles. The van der Waals surface area contributed by atoms with Crippen molar-refractivity contribution in [1.29, 1.82) is 0 Å². The van der Waals surface area contributed by atoms with E-state index in [1.54, 1.807) is 0 Å². The molecule has 0 amide bonds. The van der Waals surface area contributed by atoms with Gasteiger partial charge in [0.1, 0.15) is 5.75 Å². The van der Waals surface area contributed by atoms with Crippen LogP contribution in [0.5, 0.6) is 5.75 Å². The Bertz CT molecular complexity index is 307. The number of ether oxygens (including phenoxy) is 1. The summed E-state index contributed by atoms with van der Waals surface area (Å²) in [5.41, 5.74) is 3.95. The van der Waals surface area contributed by atoms with Crippen LogP contribution in [0.2, 0.25) is 0 Å². The van der Waals surface area contributed by atoms with E-state index in [-0.39, 0.29) is 6.04 Å². The molecule has 3 N–H and O–H groups in total. The average Bonchev–Trinajstić information content (AvgIpc) is 2.31. The molecule has 4 heteroatoms. The van der Waals surface area contributed by atoms with Crippen molar-refractivity contribution in [2.75, 3.05) is 12.5 Å². The predicted octanol–water partition coefficient (Wildman–Crippen LogP) is 2.61. The van der Waals surface area contributed by atoms with E-state index in [1.165, 1.54) is 0 Å². The normalized spacial score (nSPS) is 12.4. The van der Waals surface area contributed by atoms with Crippen molar-refractivity contribution in [3.05, 3.63) is 29.8 Å². The monoisotopic (exact) mass is 242 g/mol. The van der Waals surface area contributed by atoms with Crippen molar-refractivity contribution >= 4 is 11.6 Å². The summed E-state index contributed by atoms with van der Waals surface area (Å²) in [6.45, 7) is 2.64. The highest BCUT2D eigenvalue weighted by Crippen LogP contribution is 2.22. The minimum Gasteiger partial charge on any atom is -0.494 e. The fourth-order valence-electron chi connectivity index (χ4n) is 1.62. The van der Waals surface area contributed by atoms with E-state index in [0.717, 1.165) is 24.2 Å². The van der Waals surface area contributed by atoms with E-state index in [0.29, 0.717) is 12.5 Å². The van der Waals surface area contributed by atoms with E-state index < -0.39 is 0 Å². The van der Waals surface area contributed by atoms with Gasteiger partial charge >= 0.3 is 0 Å². The molecule has 1 rings (SSSR count). The molecule has 1 unspecified atom stereocenters. The van der Waals surface area contributed by atoms with Crippen molar-refractivity contribution in [2.24, 2.45) is 5.84 Å². The van der Waals surface area contributed by atoms with E-state index in [9.17, 15) is 0 Å². The van der Waals surface area contributed by atoms with Crippen LogP contribution >= 0.6 is 11.6 Å². The molecule has 1 aromatic rings. The summed E-state index contributed by atoms with van der Waals surface area (Å²) >= 11 is 5.68. The summed E-state index contributed by atoms with van der Waals surface area (Å²) < 4.78 is 5.45. The van der Waals surface area contributed by atoms with Gasteiger partial charge in [0.2, 0.25) is 0 Å². The summed E-state index contributed by atoms with van der Waals surface area (Å²) in [5.74, 6) is 7.07. The van der Waals surface area contributed by atoms with Crippen LogP contribution in [0.3, 0.4) is 0 Å². The standard InChI is InChI=1S/C12H19ClN2O/c1-2-16-11-6-3-5-10(9-11)12(15-14)7-4-8-13/h3,5-6,9,12,15H,2,4,7-8,14H2,1H3. The predicted molar refractivity (Wildman–Crippen MR) is 67.6 cm³/mol. The Morgan fingerprint density at radius 2 is 2.31 bits per heavy atom. The molecule has 16 heavy (non-hydrogen) atoms. The lowest BCUT2D eigenvalue weighted by molar-refractivity contribution is 0.339. The van der Waals surface area contributed by atoms with Gasteiger partial charge in [0.05, 0.1) is 6.61 Å². The summed E-state index contributed by atoms with van der Waals surface area (Å²) in [6.07, 6.45) is 1.87. The van der Waals surface area contributed by atoms with Gasteiger partial charge in [-0.05, 0) is 37.5 Å². The first-order valence-corrected chi connectivity index (χ1v) is 6.10. The zero-order valence-electron chi connectivity index (χ0n) is 9.58. The molecule has 0 aliphatic heterocycles. The maximum atomic E-state index is 5.68. The van der Waals surface area contributed by atoms with Gasteiger partial charge in [-0.2, -0.15) is 0 Å². The molecule has 0 spiro atoms. The molecule has 3 nitrogen and oxygen atoms in total. The Morgan fingerprint density at radius 3 is 2.94 bits per heavy atom. The molecule has 1 atom stereocenters. The number of rotatable bonds is 7. The van der Waals surface area contributed by atoms with Gasteiger partial charge in [-0.1, -0.05) is 12.1 Å². The Labute approximate surface area is 102 Å². The first-order chi connectivity index (χ1) is 7.81. The average molecular weight is 243 g/mol. The summed E-state index contributed by atoms with van der Waals surface area (Å²) in [4.78, 5) is 0. The van der Waals surface area contributed by atoms with Crippen LogP contribution in [-0.2, 0) is 0 Å². The van der Waals surface area contributed by atoms with Gasteiger partial charge in [0.15, 0.2) is 0 Å². The number of alkyl halides is 1. The van der Waals surface area contributed by atoms with Crippen molar-refractivity contribution in [1.82, 2.24) is 5.43 Å². The van der Waals surface area contributed by atoms with Gasteiger partial charge in [-0.15, -0.1) is 11.6 Å². The Balaban J connectivity index is 2.71. The molecule has 0 bridgehead atoms. The lowest BCUT2D eigenvalue weighted by atomic mass is 10.0. The molecule has 0 aliphatic carbocycles. The van der Waals surface area contributed by atoms with Crippen LogP contribution in [0, 0.1) is 0 Å². The molecule has 0 heterocycles. The minimum atomic E-state index is 0.138. The van der Waals surface area contributed by atoms with Crippen molar-refractivity contribution < 1.29 is 4.74 Å². The smallest absolute Gasteiger partial charge is 0.119 e. The zero-order valence-corrected chi connectivity index (χ0v) is 10.3. The highest BCUT2D eigenvalue weighted by Gasteiger charge is 2.09. The number of nitrogens with one attached hydrogen (secondary N) is 1. The van der Waals surface area contributed by atoms with Gasteiger partial charge in [0.25, 0.3) is 0 Å². The Morgan fingerprint density at radius 1 is 1.50 bits per heavy atom. The van der Waals surface area contributed by atoms with Crippen LogP contribution in [0.25, 0.3) is 0 Å². The number of nitrogens with two attached hydrogens (primary N) is 1. The summed E-state index contributed by atoms with van der Waals surface area (Å²) in [7, 11) is 0. The Kier molecular flexibility index (Phi) is 6.23. The molecule has 0 aliphatic rings. The number of halogens is 1. The van der Waals surface area contributed by atoms with Gasteiger partial charge in [-0.25, -0.2) is 0 Å². The number of benzene rings is 1. The largest absolute Gasteiger partial charge is 0.494 e. The SMILES string of the molecule is CCOc1cccc(C(CCCCl)NN)c1. The van der Waals surface area contributed by atoms with Crippen molar-refractivity contribution in [2.45, 2.75) is 25.8 Å². The fraction of sp³-hybridized carbons (Fsp3) is 0.500. The second kappa shape index (κ2) is 7.49. The molecule has 90 valence electrons. The van der Waals surface area contributed by atoms with Crippen LogP contribution in [0.1, 0.15) is 31.4 Å². The summed E-state index contributed by atoms with van der Waals surface area (Å²) in [5, 5.41) is 0. The number of hydrazine groups is 1. The summed E-state index contributed by atoms with van der Waals surface area (Å²) in [6, 6.07) is 8.12. The highest BCUT2D eigenvalue weighted by atomic mass is 35.5. The first kappa shape index (κ1) is 13.3. The third kappa shape index (κ3) is 4.00. The third-order valence-electron chi connectivity index (χ3n) is 2.40. The quantitative estimate of drug-likeness (QED) is 0.439. The van der Waals surface area contributed by atoms with Crippen LogP contribution in [0.15, 0.2) is 24.3 Å². The van der Waals surface area contributed by atoms with Crippen molar-refractivity contribution in [3.8, 4) is 5.75 Å². The number of hydrogen-bond acceptors (Lipinski definition) is 3. The van der Waals surface area contributed by atoms with Gasteiger partial charge < -0.3 is 4.74 Å². The van der Waals surface area contributed by atoms with E-state index >= 15 is 0 Å². The second-order valence-electron chi connectivity index (χ2n) is 3.56. The van der Waals surface area contributed by atoms with Crippen molar-refractivity contribution in [3.63, 3.8) is 0 Å². The molecule has 0 aromatic heterocycles. The maximum Gasteiger partial charge on any atom is 0.119 e. The molecule has 0 saturated carbocycles. The van der Waals surface area contributed by atoms with Gasteiger partial charge in [-0.3, -0.25) is 11.3 Å². The topological polar surface area (TPSA) is 47.3 Å². The molecular formula is C12H19ClN2O. The molecule has 0 radical (unpaired) electrons. The number of hydrogen-bond donors (Lipinski definition) is 2. The second-order valence-corrected chi connectivity index (χ2v) is 3.93. The molecule has 0 saturated heterocycles. The van der Waals surface area contributed by atoms with E-state index in [1.807, 2.05) is 31.2 Å². The highest BCUT2D eigenvalue weighted by molar-refractivity contribution is 6.17. The van der Waals surface area contributed by atoms with E-state index in [2.05, 4.69) is 5.43 Å². The lowest BCUT2D eigenvalue weighted by Gasteiger charge is -2.16. The lowest BCUT2D eigenvalue weighted by Crippen LogP contribution is -2.28. The Hall–Kier alpha value is -0.770. The van der Waals surface area contributed by atoms with E-state index in [4.69, 9.17) is 22.2 Å². The maximum absolute atomic E-state index is 5.68. The van der Waals surface area contributed by atoms with Crippen LogP contribution < -0.4 is 16.0 Å². The minimum absolute atomic E-state index is 0.138. The molecular weight excluding hydrogens is 224 g/mol. The first-order valence-electron chi connectivity index (χ1n) is 5.56. The van der Waals surface area contributed by atoms with Gasteiger partial charge in [0, 0.05) is 11.9 Å².